The Hall–Kier alpha value is -3.38. The highest BCUT2D eigenvalue weighted by molar-refractivity contribution is 7.91. The van der Waals surface area contributed by atoms with E-state index in [0.29, 0.717) is 18.5 Å². The normalized spacial score (nSPS) is 13.8. The second-order valence-corrected chi connectivity index (χ2v) is 10.2. The molecule has 0 aliphatic carbocycles. The Morgan fingerprint density at radius 3 is 2.38 bits per heavy atom. The zero-order valence-corrected chi connectivity index (χ0v) is 18.7. The van der Waals surface area contributed by atoms with Crippen molar-refractivity contribution in [2.24, 2.45) is 0 Å². The monoisotopic (exact) mass is 444 g/mol. The van der Waals surface area contributed by atoms with E-state index < -0.39 is 9.84 Å². The Balaban J connectivity index is 1.48. The first-order valence-electron chi connectivity index (χ1n) is 10.7. The minimum atomic E-state index is -3.71. The molecule has 0 spiro atoms. The third kappa shape index (κ3) is 3.60. The van der Waals surface area contributed by atoms with Crippen molar-refractivity contribution in [1.82, 2.24) is 9.47 Å². The average molecular weight is 445 g/mol. The molecule has 3 aromatic carbocycles. The molecule has 0 radical (unpaired) electrons. The summed E-state index contributed by atoms with van der Waals surface area (Å²) < 4.78 is 28.5. The summed E-state index contributed by atoms with van der Waals surface area (Å²) in [7, 11) is -3.71. The number of fused-ring (bicyclic) bond motifs is 2. The molecule has 4 aromatic rings. The molecule has 1 aromatic heterocycles. The molecule has 1 amide bonds. The number of carbonyl (C=O) groups is 1. The van der Waals surface area contributed by atoms with Crippen LogP contribution in [0.2, 0.25) is 0 Å². The third-order valence-electron chi connectivity index (χ3n) is 6.16. The zero-order valence-electron chi connectivity index (χ0n) is 17.9. The summed E-state index contributed by atoms with van der Waals surface area (Å²) in [5.41, 5.74) is 4.20. The number of hydrogen-bond donors (Lipinski definition) is 0. The van der Waals surface area contributed by atoms with Crippen molar-refractivity contribution in [3.63, 3.8) is 0 Å². The summed E-state index contributed by atoms with van der Waals surface area (Å²) >= 11 is 0. The van der Waals surface area contributed by atoms with E-state index in [4.69, 9.17) is 0 Å². The highest BCUT2D eigenvalue weighted by atomic mass is 32.2. The van der Waals surface area contributed by atoms with Crippen LogP contribution in [-0.4, -0.2) is 30.3 Å². The average Bonchev–Trinajstić information content (AvgIpc) is 3.18. The van der Waals surface area contributed by atoms with E-state index in [1.54, 1.807) is 41.1 Å². The van der Waals surface area contributed by atoms with Gasteiger partial charge in [-0.2, -0.15) is 0 Å². The maximum Gasteiger partial charge on any atom is 0.242 e. The molecule has 0 unspecified atom stereocenters. The smallest absolute Gasteiger partial charge is 0.242 e. The number of aromatic nitrogens is 1. The summed E-state index contributed by atoms with van der Waals surface area (Å²) in [5, 5.41) is 0.630. The van der Waals surface area contributed by atoms with Crippen LogP contribution < -0.4 is 0 Å². The van der Waals surface area contributed by atoms with Gasteiger partial charge in [-0.25, -0.2) is 8.42 Å². The van der Waals surface area contributed by atoms with Gasteiger partial charge in [0.15, 0.2) is 0 Å². The highest BCUT2D eigenvalue weighted by Crippen LogP contribution is 2.30. The van der Waals surface area contributed by atoms with E-state index in [9.17, 15) is 13.2 Å². The molecule has 0 saturated carbocycles. The number of benzene rings is 3. The maximum atomic E-state index is 13.4. The van der Waals surface area contributed by atoms with Gasteiger partial charge in [-0.1, -0.05) is 60.2 Å². The summed E-state index contributed by atoms with van der Waals surface area (Å²) in [4.78, 5) is 15.5. The van der Waals surface area contributed by atoms with Crippen LogP contribution in [-0.2, 0) is 34.1 Å². The van der Waals surface area contributed by atoms with Crippen molar-refractivity contribution in [3.8, 4) is 0 Å². The molecule has 0 atom stereocenters. The number of para-hydroxylation sites is 1. The lowest BCUT2D eigenvalue weighted by Crippen LogP contribution is -2.37. The molecule has 0 fully saturated rings. The summed E-state index contributed by atoms with van der Waals surface area (Å²) in [6, 6.07) is 22.4. The number of amides is 1. The quantitative estimate of drug-likeness (QED) is 0.470. The molecule has 5 nitrogen and oxygen atoms in total. The number of nitrogens with zero attached hydrogens (tertiary/aromatic N) is 2. The van der Waals surface area contributed by atoms with Crippen LogP contribution in [0.3, 0.4) is 0 Å². The molecule has 5 rings (SSSR count). The van der Waals surface area contributed by atoms with Crippen LogP contribution in [0.25, 0.3) is 10.9 Å². The van der Waals surface area contributed by atoms with E-state index in [0.717, 1.165) is 17.5 Å². The van der Waals surface area contributed by atoms with Gasteiger partial charge in [0.2, 0.25) is 15.7 Å². The topological polar surface area (TPSA) is 59.4 Å². The summed E-state index contributed by atoms with van der Waals surface area (Å²) in [6.07, 6.45) is 2.44. The van der Waals surface area contributed by atoms with Crippen LogP contribution in [0.15, 0.2) is 88.8 Å². The van der Waals surface area contributed by atoms with Gasteiger partial charge in [-0.05, 0) is 42.7 Å². The Morgan fingerprint density at radius 1 is 0.906 bits per heavy atom. The number of rotatable bonds is 4. The van der Waals surface area contributed by atoms with Gasteiger partial charge >= 0.3 is 0 Å². The van der Waals surface area contributed by atoms with Gasteiger partial charge in [0, 0.05) is 30.2 Å². The van der Waals surface area contributed by atoms with Crippen molar-refractivity contribution < 1.29 is 13.2 Å². The largest absolute Gasteiger partial charge is 0.337 e. The summed E-state index contributed by atoms with van der Waals surface area (Å²) in [6.45, 7) is 3.28. The number of hydrogen-bond acceptors (Lipinski definition) is 3. The fourth-order valence-electron chi connectivity index (χ4n) is 4.36. The lowest BCUT2D eigenvalue weighted by Gasteiger charge is -2.29. The van der Waals surface area contributed by atoms with Crippen molar-refractivity contribution in [2.75, 3.05) is 6.54 Å². The van der Waals surface area contributed by atoms with Crippen LogP contribution in [0.1, 0.15) is 16.7 Å². The molecule has 32 heavy (non-hydrogen) atoms. The number of carbonyl (C=O) groups excluding carboxylic acids is 1. The fraction of sp³-hybridized carbons (Fsp3) is 0.192. The van der Waals surface area contributed by atoms with Gasteiger partial charge in [0.1, 0.15) is 6.54 Å². The second kappa shape index (κ2) is 7.95. The predicted molar refractivity (Wildman–Crippen MR) is 124 cm³/mol. The van der Waals surface area contributed by atoms with Crippen LogP contribution in [0.5, 0.6) is 0 Å². The van der Waals surface area contributed by atoms with Crippen molar-refractivity contribution in [1.29, 1.82) is 0 Å². The minimum Gasteiger partial charge on any atom is -0.337 e. The SMILES string of the molecule is Cc1ccc(S(=O)(=O)c2cn(CC(=O)N3CCc4ccccc4C3)c3ccccc23)cc1. The van der Waals surface area contributed by atoms with E-state index >= 15 is 0 Å². The van der Waals surface area contributed by atoms with Gasteiger partial charge in [0.05, 0.1) is 9.79 Å². The lowest BCUT2D eigenvalue weighted by atomic mass is 10.00. The second-order valence-electron chi connectivity index (χ2n) is 8.29. The Labute approximate surface area is 187 Å². The molecule has 0 bridgehead atoms. The Morgan fingerprint density at radius 2 is 1.59 bits per heavy atom. The van der Waals surface area contributed by atoms with Crippen LogP contribution in [0, 0.1) is 6.92 Å². The number of sulfone groups is 1. The van der Waals surface area contributed by atoms with Crippen molar-refractivity contribution >= 4 is 26.6 Å². The van der Waals surface area contributed by atoms with Crippen molar-refractivity contribution in [2.45, 2.75) is 36.2 Å². The summed E-state index contributed by atoms with van der Waals surface area (Å²) in [5.74, 6) is -0.0143. The van der Waals surface area contributed by atoms with E-state index in [2.05, 4.69) is 12.1 Å². The Kier molecular flexibility index (Phi) is 5.10. The fourth-order valence-corrected chi connectivity index (χ4v) is 5.83. The van der Waals surface area contributed by atoms with Gasteiger partial charge < -0.3 is 9.47 Å². The van der Waals surface area contributed by atoms with Crippen molar-refractivity contribution in [3.05, 3.63) is 95.7 Å². The first kappa shape index (κ1) is 20.5. The van der Waals surface area contributed by atoms with E-state index in [1.807, 2.05) is 42.2 Å². The molecule has 0 N–H and O–H groups in total. The molecule has 2 heterocycles. The first-order chi connectivity index (χ1) is 15.4. The molecular formula is C26H24N2O3S. The third-order valence-corrected chi connectivity index (χ3v) is 7.96. The lowest BCUT2D eigenvalue weighted by molar-refractivity contribution is -0.132. The van der Waals surface area contributed by atoms with Crippen LogP contribution >= 0.6 is 0 Å². The minimum absolute atomic E-state index is 0.0143. The first-order valence-corrected chi connectivity index (χ1v) is 12.2. The number of aryl methyl sites for hydroxylation is 1. The van der Waals surface area contributed by atoms with Gasteiger partial charge in [-0.15, -0.1) is 0 Å². The van der Waals surface area contributed by atoms with Gasteiger partial charge in [0.25, 0.3) is 0 Å². The molecule has 162 valence electrons. The van der Waals surface area contributed by atoms with E-state index in [-0.39, 0.29) is 22.2 Å². The molecule has 6 heteroatoms. The molecule has 1 aliphatic heterocycles. The molecular weight excluding hydrogens is 420 g/mol. The Bertz CT molecular complexity index is 1420. The van der Waals surface area contributed by atoms with Crippen LogP contribution in [0.4, 0.5) is 0 Å². The zero-order chi connectivity index (χ0) is 22.3. The molecule has 0 saturated heterocycles. The highest BCUT2D eigenvalue weighted by Gasteiger charge is 2.25. The maximum absolute atomic E-state index is 13.4. The molecule has 1 aliphatic rings. The van der Waals surface area contributed by atoms with Gasteiger partial charge in [-0.3, -0.25) is 4.79 Å². The standard InChI is InChI=1S/C26H24N2O3S/c1-19-10-12-22(13-11-19)32(30,31)25-17-28(24-9-5-4-8-23(24)25)18-26(29)27-15-14-20-6-2-3-7-21(20)16-27/h2-13,17H,14-16,18H2,1H3. The van der Waals surface area contributed by atoms with E-state index in [1.165, 1.54) is 11.1 Å². The predicted octanol–water partition coefficient (Wildman–Crippen LogP) is 4.37.